The molecule has 3 heterocycles. The molecule has 0 radical (unpaired) electrons. The number of amides is 1. The SMILES string of the molecule is O=C(NCCc1c[nH]c2cc(F)ccc12)c1nc(N2CCOCC2)ncc1Cl. The number of carbonyl (C=O) groups excluding carboxylic acids is 1. The van der Waals surface area contributed by atoms with Crippen molar-refractivity contribution in [3.63, 3.8) is 0 Å². The van der Waals surface area contributed by atoms with Gasteiger partial charge in [-0.3, -0.25) is 4.79 Å². The zero-order chi connectivity index (χ0) is 19.5. The number of morpholine rings is 1. The number of halogens is 2. The van der Waals surface area contributed by atoms with E-state index in [2.05, 4.69) is 20.3 Å². The zero-order valence-electron chi connectivity index (χ0n) is 15.0. The number of nitrogens with zero attached hydrogens (tertiary/aromatic N) is 3. The summed E-state index contributed by atoms with van der Waals surface area (Å²) in [4.78, 5) is 26.1. The van der Waals surface area contributed by atoms with Gasteiger partial charge in [0.15, 0.2) is 5.69 Å². The molecule has 146 valence electrons. The molecule has 9 heteroatoms. The van der Waals surface area contributed by atoms with Gasteiger partial charge in [0.05, 0.1) is 24.4 Å². The van der Waals surface area contributed by atoms with Gasteiger partial charge in [0.25, 0.3) is 5.91 Å². The molecule has 2 aromatic heterocycles. The van der Waals surface area contributed by atoms with Crippen LogP contribution in [0.1, 0.15) is 16.1 Å². The normalized spacial score (nSPS) is 14.4. The number of hydrogen-bond donors (Lipinski definition) is 2. The maximum atomic E-state index is 13.3. The summed E-state index contributed by atoms with van der Waals surface area (Å²) in [5.41, 5.74) is 1.88. The van der Waals surface area contributed by atoms with Crippen molar-refractivity contribution in [1.29, 1.82) is 0 Å². The van der Waals surface area contributed by atoms with E-state index >= 15 is 0 Å². The van der Waals surface area contributed by atoms with Gasteiger partial charge in [-0.2, -0.15) is 0 Å². The summed E-state index contributed by atoms with van der Waals surface area (Å²) in [5, 5.41) is 3.98. The van der Waals surface area contributed by atoms with Crippen molar-refractivity contribution < 1.29 is 13.9 Å². The average molecular weight is 404 g/mol. The topological polar surface area (TPSA) is 83.1 Å². The number of H-pyrrole nitrogens is 1. The third kappa shape index (κ3) is 3.93. The second-order valence-corrected chi connectivity index (χ2v) is 6.88. The average Bonchev–Trinajstić information content (AvgIpc) is 3.11. The lowest BCUT2D eigenvalue weighted by atomic mass is 10.1. The van der Waals surface area contributed by atoms with Gasteiger partial charge in [0.2, 0.25) is 5.95 Å². The molecule has 7 nitrogen and oxygen atoms in total. The molecule has 1 fully saturated rings. The molecule has 0 saturated carbocycles. The molecule has 4 rings (SSSR count). The third-order valence-corrected chi connectivity index (χ3v) is 4.93. The van der Waals surface area contributed by atoms with Crippen molar-refractivity contribution in [2.45, 2.75) is 6.42 Å². The lowest BCUT2D eigenvalue weighted by Crippen LogP contribution is -2.38. The molecule has 28 heavy (non-hydrogen) atoms. The molecule has 0 unspecified atom stereocenters. The van der Waals surface area contributed by atoms with E-state index in [0.717, 1.165) is 16.5 Å². The van der Waals surface area contributed by atoms with Gasteiger partial charge in [0.1, 0.15) is 5.82 Å². The molecule has 1 saturated heterocycles. The smallest absolute Gasteiger partial charge is 0.271 e. The van der Waals surface area contributed by atoms with Gasteiger partial charge < -0.3 is 19.9 Å². The summed E-state index contributed by atoms with van der Waals surface area (Å²) in [7, 11) is 0. The van der Waals surface area contributed by atoms with Crippen LogP contribution >= 0.6 is 11.6 Å². The van der Waals surface area contributed by atoms with Crippen molar-refractivity contribution in [1.82, 2.24) is 20.3 Å². The number of nitrogens with one attached hydrogen (secondary N) is 2. The Balaban J connectivity index is 1.41. The number of aromatic nitrogens is 3. The van der Waals surface area contributed by atoms with E-state index in [-0.39, 0.29) is 22.4 Å². The molecule has 0 aliphatic carbocycles. The van der Waals surface area contributed by atoms with Gasteiger partial charge in [-0.1, -0.05) is 11.6 Å². The zero-order valence-corrected chi connectivity index (χ0v) is 15.8. The van der Waals surface area contributed by atoms with E-state index in [9.17, 15) is 9.18 Å². The fraction of sp³-hybridized carbons (Fsp3) is 0.316. The van der Waals surface area contributed by atoms with E-state index in [1.165, 1.54) is 18.3 Å². The van der Waals surface area contributed by atoms with Crippen LogP contribution in [0.4, 0.5) is 10.3 Å². The molecule has 1 aromatic carbocycles. The van der Waals surface area contributed by atoms with Crippen LogP contribution in [-0.2, 0) is 11.2 Å². The monoisotopic (exact) mass is 403 g/mol. The number of ether oxygens (including phenoxy) is 1. The predicted molar refractivity (Wildman–Crippen MR) is 104 cm³/mol. The first-order valence-corrected chi connectivity index (χ1v) is 9.38. The van der Waals surface area contributed by atoms with Crippen LogP contribution < -0.4 is 10.2 Å². The van der Waals surface area contributed by atoms with Crippen LogP contribution in [0, 0.1) is 5.82 Å². The summed E-state index contributed by atoms with van der Waals surface area (Å²) in [5.74, 6) is -0.173. The molecule has 1 aliphatic heterocycles. The largest absolute Gasteiger partial charge is 0.378 e. The Morgan fingerprint density at radius 3 is 3.00 bits per heavy atom. The highest BCUT2D eigenvalue weighted by molar-refractivity contribution is 6.33. The summed E-state index contributed by atoms with van der Waals surface area (Å²) >= 11 is 6.13. The van der Waals surface area contributed by atoms with E-state index in [1.54, 1.807) is 6.07 Å². The lowest BCUT2D eigenvalue weighted by Gasteiger charge is -2.26. The fourth-order valence-electron chi connectivity index (χ4n) is 3.19. The number of anilines is 1. The quantitative estimate of drug-likeness (QED) is 0.684. The fourth-order valence-corrected chi connectivity index (χ4v) is 3.37. The molecule has 2 N–H and O–H groups in total. The minimum Gasteiger partial charge on any atom is -0.378 e. The van der Waals surface area contributed by atoms with Crippen molar-refractivity contribution in [2.24, 2.45) is 0 Å². The second kappa shape index (κ2) is 8.12. The predicted octanol–water partition coefficient (Wildman–Crippen LogP) is 2.56. The van der Waals surface area contributed by atoms with Gasteiger partial charge in [-0.25, -0.2) is 14.4 Å². The Bertz CT molecular complexity index is 1000. The first kappa shape index (κ1) is 18.6. The number of carbonyl (C=O) groups is 1. The Kier molecular flexibility index (Phi) is 5.40. The van der Waals surface area contributed by atoms with E-state index in [4.69, 9.17) is 16.3 Å². The molecule has 1 aliphatic rings. The Morgan fingerprint density at radius 1 is 1.36 bits per heavy atom. The Morgan fingerprint density at radius 2 is 2.18 bits per heavy atom. The minimum atomic E-state index is -0.354. The highest BCUT2D eigenvalue weighted by atomic mass is 35.5. The standard InChI is InChI=1S/C19H19ClFN5O2/c20-15-11-24-19(26-5-7-28-8-6-26)25-17(15)18(27)22-4-3-12-10-23-16-9-13(21)1-2-14(12)16/h1-2,9-11,23H,3-8H2,(H,22,27). The van der Waals surface area contributed by atoms with E-state index < -0.39 is 0 Å². The molecule has 3 aromatic rings. The molecular weight excluding hydrogens is 385 g/mol. The van der Waals surface area contributed by atoms with Crippen LogP contribution in [-0.4, -0.2) is 53.7 Å². The number of hydrogen-bond acceptors (Lipinski definition) is 5. The van der Waals surface area contributed by atoms with Crippen LogP contribution in [0.25, 0.3) is 10.9 Å². The Labute approximate surface area is 165 Å². The summed E-state index contributed by atoms with van der Waals surface area (Å²) in [6.07, 6.45) is 3.86. The number of benzene rings is 1. The first-order valence-electron chi connectivity index (χ1n) is 9.01. The highest BCUT2D eigenvalue weighted by Crippen LogP contribution is 2.20. The Hall–Kier alpha value is -2.71. The van der Waals surface area contributed by atoms with Gasteiger partial charge >= 0.3 is 0 Å². The molecule has 0 spiro atoms. The third-order valence-electron chi connectivity index (χ3n) is 4.65. The molecular formula is C19H19ClFN5O2. The number of rotatable bonds is 5. The summed E-state index contributed by atoms with van der Waals surface area (Å²) in [6, 6.07) is 4.60. The van der Waals surface area contributed by atoms with Crippen LogP contribution in [0.5, 0.6) is 0 Å². The van der Waals surface area contributed by atoms with Gasteiger partial charge in [-0.15, -0.1) is 0 Å². The highest BCUT2D eigenvalue weighted by Gasteiger charge is 2.19. The maximum Gasteiger partial charge on any atom is 0.271 e. The number of aromatic amines is 1. The van der Waals surface area contributed by atoms with Crippen LogP contribution in [0.15, 0.2) is 30.6 Å². The van der Waals surface area contributed by atoms with Gasteiger partial charge in [-0.05, 0) is 30.2 Å². The number of fused-ring (bicyclic) bond motifs is 1. The molecule has 0 atom stereocenters. The maximum absolute atomic E-state index is 13.3. The van der Waals surface area contributed by atoms with E-state index in [1.807, 2.05) is 11.1 Å². The second-order valence-electron chi connectivity index (χ2n) is 6.48. The van der Waals surface area contributed by atoms with Crippen molar-refractivity contribution in [3.05, 3.63) is 52.7 Å². The summed E-state index contributed by atoms with van der Waals surface area (Å²) in [6.45, 7) is 2.94. The molecule has 1 amide bonds. The summed E-state index contributed by atoms with van der Waals surface area (Å²) < 4.78 is 18.6. The van der Waals surface area contributed by atoms with Crippen molar-refractivity contribution in [2.75, 3.05) is 37.7 Å². The minimum absolute atomic E-state index is 0.152. The van der Waals surface area contributed by atoms with Crippen molar-refractivity contribution >= 4 is 34.4 Å². The molecule has 0 bridgehead atoms. The van der Waals surface area contributed by atoms with Crippen LogP contribution in [0.2, 0.25) is 5.02 Å². The first-order chi connectivity index (χ1) is 13.6. The van der Waals surface area contributed by atoms with Crippen molar-refractivity contribution in [3.8, 4) is 0 Å². The van der Waals surface area contributed by atoms with E-state index in [0.29, 0.717) is 45.2 Å². The van der Waals surface area contributed by atoms with Crippen LogP contribution in [0.3, 0.4) is 0 Å². The van der Waals surface area contributed by atoms with Gasteiger partial charge in [0, 0.05) is 36.7 Å². The lowest BCUT2D eigenvalue weighted by molar-refractivity contribution is 0.0949.